The first-order valence-corrected chi connectivity index (χ1v) is 21.7. The van der Waals surface area contributed by atoms with E-state index in [4.69, 9.17) is 36.3 Å². The summed E-state index contributed by atoms with van der Waals surface area (Å²) in [7, 11) is 0. The van der Waals surface area contributed by atoms with Crippen molar-refractivity contribution in [1.82, 2.24) is 29.7 Å². The molecular weight excluding hydrogens is 768 g/mol. The number of hydrogen-bond acceptors (Lipinski definition) is 14. The van der Waals surface area contributed by atoms with Crippen molar-refractivity contribution in [3.8, 4) is 11.5 Å². The van der Waals surface area contributed by atoms with Crippen LogP contribution in [0.3, 0.4) is 0 Å². The maximum atomic E-state index is 5.87. The number of hydrogen-bond donors (Lipinski definition) is 4. The Labute approximate surface area is 354 Å². The van der Waals surface area contributed by atoms with Crippen LogP contribution in [0.1, 0.15) is 62.5 Å². The molecule has 4 aromatic rings. The average molecular weight is 832 g/mol. The van der Waals surface area contributed by atoms with Gasteiger partial charge in [0.15, 0.2) is 0 Å². The Hall–Kier alpha value is -4.47. The number of benzene rings is 2. The third kappa shape index (κ3) is 15.6. The Bertz CT molecular complexity index is 1800. The van der Waals surface area contributed by atoms with Crippen molar-refractivity contribution in [2.24, 2.45) is 0 Å². The maximum absolute atomic E-state index is 5.87. The molecule has 6 heterocycles. The fourth-order valence-corrected chi connectivity index (χ4v) is 7.37. The van der Waals surface area contributed by atoms with Crippen LogP contribution in [-0.2, 0) is 9.47 Å². The Morgan fingerprint density at radius 2 is 1.17 bits per heavy atom. The summed E-state index contributed by atoms with van der Waals surface area (Å²) in [5.41, 5.74) is 9.33. The molecule has 0 radical (unpaired) electrons. The molecule has 8 rings (SSSR count). The normalized spacial score (nSPS) is 19.0. The highest BCUT2D eigenvalue weighted by molar-refractivity contribution is 6.28. The lowest BCUT2D eigenvalue weighted by atomic mass is 10.2. The number of halogens is 1. The summed E-state index contributed by atoms with van der Waals surface area (Å²) < 4.78 is 22.7. The highest BCUT2D eigenvalue weighted by Gasteiger charge is 2.17. The molecule has 0 bridgehead atoms. The van der Waals surface area contributed by atoms with Crippen LogP contribution in [0.25, 0.3) is 0 Å². The Kier molecular flexibility index (Phi) is 17.9. The molecule has 5 N–H and O–H groups in total. The van der Waals surface area contributed by atoms with Gasteiger partial charge in [0.2, 0.25) is 11.2 Å². The molecular formula is C44H63ClN10O4. The van der Waals surface area contributed by atoms with E-state index in [1.165, 1.54) is 51.9 Å². The Balaban J connectivity index is 0.000000164. The van der Waals surface area contributed by atoms with E-state index in [9.17, 15) is 0 Å². The average Bonchev–Trinajstić information content (AvgIpc) is 4.11. The van der Waals surface area contributed by atoms with E-state index in [2.05, 4.69) is 45.7 Å². The van der Waals surface area contributed by atoms with Crippen LogP contribution in [-0.4, -0.2) is 121 Å². The van der Waals surface area contributed by atoms with Crippen LogP contribution in [0.2, 0.25) is 5.28 Å². The molecule has 4 fully saturated rings. The predicted octanol–water partition coefficient (Wildman–Crippen LogP) is 7.37. The van der Waals surface area contributed by atoms with E-state index in [1.807, 2.05) is 68.6 Å². The topological polar surface area (TPSA) is 157 Å². The SMILES string of the molecule is Cc1cnc(Cl)nc1NCC1CCCO1.Cc1cnc(Nc2ccc(OCCN3CCCC3)cc2)nc1NCC1CCCO1.Nc1ccc(OCCN2CCCC2)cc1. The first-order chi connectivity index (χ1) is 28.9. The van der Waals surface area contributed by atoms with E-state index in [-0.39, 0.29) is 11.4 Å². The lowest BCUT2D eigenvalue weighted by molar-refractivity contribution is 0.120. The zero-order valence-corrected chi connectivity index (χ0v) is 35.6. The van der Waals surface area contributed by atoms with Crippen LogP contribution < -0.4 is 31.2 Å². The molecule has 15 heteroatoms. The Morgan fingerprint density at radius 1 is 0.678 bits per heavy atom. The minimum absolute atomic E-state index is 0.274. The molecule has 2 unspecified atom stereocenters. The number of anilines is 5. The van der Waals surface area contributed by atoms with Gasteiger partial charge in [-0.05, 0) is 152 Å². The summed E-state index contributed by atoms with van der Waals surface area (Å²) in [5, 5.41) is 10.2. The minimum atomic E-state index is 0.274. The smallest absolute Gasteiger partial charge is 0.229 e. The second-order valence-electron chi connectivity index (χ2n) is 15.4. The fraction of sp³-hybridized carbons (Fsp3) is 0.545. The van der Waals surface area contributed by atoms with E-state index >= 15 is 0 Å². The van der Waals surface area contributed by atoms with Gasteiger partial charge in [0.25, 0.3) is 0 Å². The number of nitrogens with one attached hydrogen (secondary N) is 3. The number of nitrogen functional groups attached to an aromatic ring is 1. The molecule has 4 aliphatic heterocycles. The zero-order chi connectivity index (χ0) is 41.1. The summed E-state index contributed by atoms with van der Waals surface area (Å²) in [6.45, 7) is 15.6. The number of aryl methyl sites for hydroxylation is 2. The number of nitrogens with two attached hydrogens (primary N) is 1. The third-order valence-electron chi connectivity index (χ3n) is 10.7. The highest BCUT2D eigenvalue weighted by atomic mass is 35.5. The molecule has 4 aliphatic rings. The van der Waals surface area contributed by atoms with Gasteiger partial charge in [0.05, 0.1) is 12.2 Å². The van der Waals surface area contributed by atoms with E-state index in [1.54, 1.807) is 6.20 Å². The lowest BCUT2D eigenvalue weighted by Crippen LogP contribution is -2.25. The first-order valence-electron chi connectivity index (χ1n) is 21.3. The molecule has 4 saturated heterocycles. The number of likely N-dealkylation sites (tertiary alicyclic amines) is 2. The molecule has 2 atom stereocenters. The molecule has 320 valence electrons. The number of aromatic nitrogens is 4. The molecule has 0 spiro atoms. The molecule has 0 amide bonds. The van der Waals surface area contributed by atoms with E-state index in [0.29, 0.717) is 12.1 Å². The van der Waals surface area contributed by atoms with Crippen LogP contribution in [0.15, 0.2) is 60.9 Å². The number of ether oxygens (including phenoxy) is 4. The van der Waals surface area contributed by atoms with Gasteiger partial charge < -0.3 is 40.6 Å². The molecule has 2 aromatic heterocycles. The summed E-state index contributed by atoms with van der Waals surface area (Å²) in [6.07, 6.45) is 13.9. The van der Waals surface area contributed by atoms with Crippen molar-refractivity contribution in [2.75, 3.05) is 100 Å². The van der Waals surface area contributed by atoms with Gasteiger partial charge in [0, 0.05) is 74.3 Å². The van der Waals surface area contributed by atoms with Crippen LogP contribution in [0.4, 0.5) is 29.0 Å². The maximum Gasteiger partial charge on any atom is 0.229 e. The van der Waals surface area contributed by atoms with Gasteiger partial charge in [-0.1, -0.05) is 0 Å². The Morgan fingerprint density at radius 3 is 1.68 bits per heavy atom. The van der Waals surface area contributed by atoms with Gasteiger partial charge in [-0.15, -0.1) is 0 Å². The minimum Gasteiger partial charge on any atom is -0.492 e. The fourth-order valence-electron chi connectivity index (χ4n) is 7.24. The summed E-state index contributed by atoms with van der Waals surface area (Å²) >= 11 is 5.72. The second-order valence-corrected chi connectivity index (χ2v) is 15.8. The van der Waals surface area contributed by atoms with Gasteiger partial charge in [-0.3, -0.25) is 9.80 Å². The van der Waals surface area contributed by atoms with Gasteiger partial charge >= 0.3 is 0 Å². The summed E-state index contributed by atoms with van der Waals surface area (Å²) in [6, 6.07) is 15.5. The molecule has 59 heavy (non-hydrogen) atoms. The van der Waals surface area contributed by atoms with Crippen molar-refractivity contribution in [3.63, 3.8) is 0 Å². The van der Waals surface area contributed by atoms with Crippen molar-refractivity contribution < 1.29 is 18.9 Å². The van der Waals surface area contributed by atoms with Crippen molar-refractivity contribution in [1.29, 1.82) is 0 Å². The zero-order valence-electron chi connectivity index (χ0n) is 34.8. The van der Waals surface area contributed by atoms with Crippen LogP contribution in [0, 0.1) is 13.8 Å². The predicted molar refractivity (Wildman–Crippen MR) is 236 cm³/mol. The standard InChI is InChI=1S/C22H31N5O2.C12H18N2O.C10H14ClN3O/c1-17-15-24-22(26-21(17)23-16-20-5-4-13-28-20)25-18-6-8-19(9-7-18)29-14-12-27-10-2-3-11-27;13-11-3-5-12(6-4-11)15-10-9-14-7-1-2-8-14;1-7-5-13-10(11)14-9(7)12-6-8-3-2-4-15-8/h6-9,15,20H,2-5,10-14,16H2,1H3,(H2,23,24,25,26);3-6H,1-2,7-10,13H2;5,8H,2-4,6H2,1H3,(H,12,13,14). The van der Waals surface area contributed by atoms with Gasteiger partial charge in [-0.25, -0.2) is 15.0 Å². The molecule has 2 aromatic carbocycles. The number of nitrogens with zero attached hydrogens (tertiary/aromatic N) is 6. The van der Waals surface area contributed by atoms with E-state index < -0.39 is 0 Å². The molecule has 0 aliphatic carbocycles. The second kappa shape index (κ2) is 24.0. The van der Waals surface area contributed by atoms with Gasteiger partial charge in [-0.2, -0.15) is 4.98 Å². The number of rotatable bonds is 16. The van der Waals surface area contributed by atoms with Crippen molar-refractivity contribution >= 4 is 40.6 Å². The monoisotopic (exact) mass is 830 g/mol. The molecule has 0 saturated carbocycles. The third-order valence-corrected chi connectivity index (χ3v) is 10.9. The van der Waals surface area contributed by atoms with Crippen LogP contribution >= 0.6 is 11.6 Å². The summed E-state index contributed by atoms with van der Waals surface area (Å²) in [5.74, 6) is 4.01. The van der Waals surface area contributed by atoms with Crippen LogP contribution in [0.5, 0.6) is 11.5 Å². The largest absolute Gasteiger partial charge is 0.492 e. The summed E-state index contributed by atoms with van der Waals surface area (Å²) in [4.78, 5) is 21.9. The van der Waals surface area contributed by atoms with Crippen molar-refractivity contribution in [3.05, 3.63) is 77.3 Å². The lowest BCUT2D eigenvalue weighted by Gasteiger charge is -2.15. The van der Waals surface area contributed by atoms with Gasteiger partial charge in [0.1, 0.15) is 36.3 Å². The molecule has 14 nitrogen and oxygen atoms in total. The first kappa shape index (κ1) is 44.1. The highest BCUT2D eigenvalue weighted by Crippen LogP contribution is 2.22. The van der Waals surface area contributed by atoms with E-state index in [0.717, 1.165) is 124 Å². The van der Waals surface area contributed by atoms with Crippen molar-refractivity contribution in [2.45, 2.75) is 77.4 Å². The quantitative estimate of drug-likeness (QED) is 0.0656.